The Morgan fingerprint density at radius 3 is 2.29 bits per heavy atom. The van der Waals surface area contributed by atoms with Gasteiger partial charge in [-0.2, -0.15) is 5.10 Å². The number of piperazine rings is 1. The number of Topliss-reactive ketones (excluding diaryl/α,β-unsaturated/α-hetero) is 1. The number of hydrazone groups is 1. The van der Waals surface area contributed by atoms with Gasteiger partial charge in [-0.3, -0.25) is 19.4 Å². The number of carbonyl (C=O) groups is 3. The third-order valence-corrected chi connectivity index (χ3v) is 16.8. The molecule has 5 aliphatic rings. The van der Waals surface area contributed by atoms with Crippen LogP contribution in [0.4, 0.5) is 17.1 Å². The van der Waals surface area contributed by atoms with Gasteiger partial charge in [-0.25, -0.2) is 0 Å². The molecule has 9 atom stereocenters. The van der Waals surface area contributed by atoms with Crippen molar-refractivity contribution in [2.45, 2.75) is 102 Å². The number of para-hydroxylation sites is 1. The number of rotatable bonds is 8. The molecule has 1 amide bonds. The summed E-state index contributed by atoms with van der Waals surface area (Å²) >= 11 is 8.03. The summed E-state index contributed by atoms with van der Waals surface area (Å²) in [5.74, 6) is -8.34. The number of fused-ring (bicyclic) bond motifs is 16. The van der Waals surface area contributed by atoms with E-state index in [1.165, 1.54) is 80.6 Å². The number of aliphatic hydroxyl groups excluding tert-OH is 2. The summed E-state index contributed by atoms with van der Waals surface area (Å²) in [6.45, 7) is 17.2. The summed E-state index contributed by atoms with van der Waals surface area (Å²) in [6, 6.07) is 14.8. The maximum atomic E-state index is 14.4. The number of nitrogens with one attached hydrogen (secondary N) is 1. The van der Waals surface area contributed by atoms with Gasteiger partial charge in [0.2, 0.25) is 0 Å². The number of phenols is 3. The number of ether oxygens (including phenoxy) is 4. The number of benzene rings is 4. The quantitative estimate of drug-likeness (QED) is 0.0418. The van der Waals surface area contributed by atoms with Gasteiger partial charge in [-0.05, 0) is 84.4 Å². The molecule has 4 aromatic carbocycles. The van der Waals surface area contributed by atoms with Crippen LogP contribution < -0.4 is 15.0 Å². The second-order valence-corrected chi connectivity index (χ2v) is 23.1. The van der Waals surface area contributed by atoms with E-state index in [0.717, 1.165) is 37.6 Å². The van der Waals surface area contributed by atoms with Crippen LogP contribution in [0, 0.1) is 30.6 Å². The van der Waals surface area contributed by atoms with Gasteiger partial charge in [-0.1, -0.05) is 81.4 Å². The molecule has 20 heteroatoms. The van der Waals surface area contributed by atoms with Crippen molar-refractivity contribution in [2.24, 2.45) is 28.8 Å². The number of allylic oxidation sites excluding steroid dienone is 2. The van der Waals surface area contributed by atoms with E-state index in [0.29, 0.717) is 13.1 Å². The number of hydrogen-bond acceptors (Lipinski definition) is 18. The highest BCUT2D eigenvalue weighted by Gasteiger charge is 2.50. The van der Waals surface area contributed by atoms with Crippen LogP contribution in [-0.2, 0) is 23.8 Å². The van der Waals surface area contributed by atoms with Crippen LogP contribution in [0.15, 0.2) is 93.5 Å². The van der Waals surface area contributed by atoms with E-state index in [2.05, 4.69) is 75.6 Å². The number of aromatic hydroxyl groups is 3. The molecule has 5 aliphatic heterocycles. The zero-order valence-corrected chi connectivity index (χ0v) is 49.3. The number of carbonyl (C=O) groups excluding carboxylic acids is 3. The van der Waals surface area contributed by atoms with Crippen molar-refractivity contribution in [3.63, 3.8) is 0 Å². The normalized spacial score (nSPS) is 27.1. The monoisotopic (exact) mass is 1140 g/mol. The van der Waals surface area contributed by atoms with Gasteiger partial charge >= 0.3 is 11.8 Å². The summed E-state index contributed by atoms with van der Waals surface area (Å²) in [7, 11) is 7.65. The Kier molecular flexibility index (Phi) is 20.0. The van der Waals surface area contributed by atoms with Gasteiger partial charge < -0.3 is 64.5 Å². The molecule has 432 valence electrons. The molecule has 80 heavy (non-hydrogen) atoms. The van der Waals surface area contributed by atoms with Crippen molar-refractivity contribution in [2.75, 3.05) is 77.7 Å². The number of likely N-dealkylation sites (N-methyl/N-ethyl adjacent to an activating group) is 1. The smallest absolute Gasteiger partial charge is 0.312 e. The third-order valence-electron chi connectivity index (χ3n) is 15.4. The molecule has 18 nitrogen and oxygen atoms in total. The number of phenolic OH excluding ortho intramolecular Hbond substituents is 3. The Hall–Kier alpha value is -6.32. The lowest BCUT2D eigenvalue weighted by Gasteiger charge is -2.38. The summed E-state index contributed by atoms with van der Waals surface area (Å²) in [5, 5.41) is 67.6. The predicted molar refractivity (Wildman–Crippen MR) is 313 cm³/mol. The van der Waals surface area contributed by atoms with E-state index in [1.54, 1.807) is 44.9 Å². The molecule has 5 heterocycles. The molecule has 0 aliphatic carbocycles. The van der Waals surface area contributed by atoms with Gasteiger partial charge in [0.1, 0.15) is 23.4 Å². The van der Waals surface area contributed by atoms with E-state index in [1.807, 2.05) is 24.9 Å². The van der Waals surface area contributed by atoms with Crippen molar-refractivity contribution < 1.29 is 58.9 Å². The number of esters is 1. The van der Waals surface area contributed by atoms with Crippen LogP contribution in [0.3, 0.4) is 0 Å². The highest BCUT2D eigenvalue weighted by molar-refractivity contribution is 7.99. The molecule has 1 saturated heterocycles. The first kappa shape index (κ1) is 61.3. The van der Waals surface area contributed by atoms with Crippen LogP contribution >= 0.6 is 23.4 Å². The van der Waals surface area contributed by atoms with E-state index in [9.17, 15) is 39.9 Å². The molecule has 0 spiro atoms. The third kappa shape index (κ3) is 13.2. The van der Waals surface area contributed by atoms with Crippen LogP contribution in [0.5, 0.6) is 23.0 Å². The maximum absolute atomic E-state index is 14.4. The first-order valence-electron chi connectivity index (χ1n) is 26.9. The maximum Gasteiger partial charge on any atom is 0.312 e. The van der Waals surface area contributed by atoms with E-state index in [-0.39, 0.29) is 44.5 Å². The van der Waals surface area contributed by atoms with Crippen LogP contribution in [0.1, 0.15) is 76.4 Å². The molecular weight excluding hydrogens is 1060 g/mol. The van der Waals surface area contributed by atoms with E-state index >= 15 is 0 Å². The van der Waals surface area contributed by atoms with Gasteiger partial charge in [-0.15, -0.1) is 0 Å². The summed E-state index contributed by atoms with van der Waals surface area (Å²) in [6.07, 6.45) is 5.98. The molecule has 5 bridgehead atoms. The molecule has 0 unspecified atom stereocenters. The topological polar surface area (TPSA) is 227 Å². The summed E-state index contributed by atoms with van der Waals surface area (Å²) < 4.78 is 23.6. The Balaban J connectivity index is 0.000000364. The zero-order chi connectivity index (χ0) is 58.5. The number of anilines is 3. The lowest BCUT2D eigenvalue weighted by atomic mass is 9.78. The largest absolute Gasteiger partial charge is 0.507 e. The molecule has 0 aromatic heterocycles. The highest BCUT2D eigenvalue weighted by Crippen LogP contribution is 2.55. The number of aliphatic hydroxyl groups is 2. The molecule has 0 radical (unpaired) electrons. The Morgan fingerprint density at radius 2 is 1.61 bits per heavy atom. The standard InChI is InChI=1S/C43H58N4O12.C17H19ClN2S/c1-21-12-11-13-22(2)42(55)45-33-28(20-44-47-17-15-46(9)16-18-47)37(52)30-31(38(33)53)36(51)26(6)40-32(30)41(54)43(8,59-40)57-19-14-29(56-10)23(3)39(58-27(7)48)25(5)35(50)24(4)34(21)49;1-19(2)10-5-11-20-14-6-3-4-7-16(14)21-17-9-8-13(18)12-15(17)20/h11-14,19-21,23-25,29,34-35,39,49-53H,15-18H2,1-10H3,(H,45,55);3-4,6-9,12H,5,10-11H2,1-2H3/b12-11+,19-14+,22-13-,44-20+;/t21-,23+,24+,25+,29-,34-,35+,39+,43-;/m0./s1. The van der Waals surface area contributed by atoms with Crippen molar-refractivity contribution >= 4 is 75.1 Å². The minimum Gasteiger partial charge on any atom is -0.507 e. The summed E-state index contributed by atoms with van der Waals surface area (Å²) in [4.78, 5) is 49.8. The average molecular weight is 1140 g/mol. The number of ketones is 1. The summed E-state index contributed by atoms with van der Waals surface area (Å²) in [5.41, 5.74) is 2.16. The lowest BCUT2D eigenvalue weighted by molar-refractivity contribution is -0.160. The molecule has 6 N–H and O–H groups in total. The SMILES string of the molecule is CN(C)CCCN1c2ccccc2Sc2ccc(Cl)cc21.CO[C@H]1/C=C/O[C@@]2(C)Oc3c(C)c(O)c4c(O)c(c(/C=N/N5CCN(C)CC5)c(O)c4c3C2=O)NC(=O)/C(C)=C\C=C\[C@H](C)[C@H](O)[C@@H](C)[C@@H](O)[C@@H](C)[C@H](OC(C)=O)[C@@H]1C. The van der Waals surface area contributed by atoms with Crippen LogP contribution in [-0.4, -0.2) is 162 Å². The minimum atomic E-state index is -2.04. The van der Waals surface area contributed by atoms with Crippen LogP contribution in [0.2, 0.25) is 5.02 Å². The fourth-order valence-corrected chi connectivity index (χ4v) is 11.8. The van der Waals surface area contributed by atoms with Crippen molar-refractivity contribution in [3.8, 4) is 23.0 Å². The Morgan fingerprint density at radius 1 is 0.925 bits per heavy atom. The van der Waals surface area contributed by atoms with Gasteiger partial charge in [0.15, 0.2) is 5.75 Å². The predicted octanol–water partition coefficient (Wildman–Crippen LogP) is 9.23. The van der Waals surface area contributed by atoms with Gasteiger partial charge in [0.25, 0.3) is 11.7 Å². The second-order valence-electron chi connectivity index (χ2n) is 21.6. The van der Waals surface area contributed by atoms with Crippen LogP contribution in [0.25, 0.3) is 10.8 Å². The molecule has 9 rings (SSSR count). The Labute approximate surface area is 478 Å². The van der Waals surface area contributed by atoms with E-state index < -0.39 is 88.8 Å². The van der Waals surface area contributed by atoms with E-state index in [4.69, 9.17) is 30.5 Å². The van der Waals surface area contributed by atoms with Crippen molar-refractivity contribution in [1.29, 1.82) is 0 Å². The number of halogens is 1. The number of nitrogens with zero attached hydrogens (tertiary/aromatic N) is 5. The first-order valence-corrected chi connectivity index (χ1v) is 28.1. The molecule has 4 aromatic rings. The van der Waals surface area contributed by atoms with Crippen molar-refractivity contribution in [1.82, 2.24) is 14.8 Å². The molecule has 0 saturated carbocycles. The van der Waals surface area contributed by atoms with Crippen molar-refractivity contribution in [3.05, 3.63) is 100 Å². The fraction of sp³-hybridized carbons (Fsp3) is 0.467. The number of hydrogen-bond donors (Lipinski definition) is 6. The highest BCUT2D eigenvalue weighted by atomic mass is 35.5. The zero-order valence-electron chi connectivity index (χ0n) is 47.7. The average Bonchev–Trinajstić information content (AvgIpc) is 3.89. The first-order chi connectivity index (χ1) is 37.9. The van der Waals surface area contributed by atoms with Gasteiger partial charge in [0.05, 0.1) is 64.4 Å². The minimum absolute atomic E-state index is 0.0559. The lowest BCUT2D eigenvalue weighted by Crippen LogP contribution is -2.46. The molecular formula is C60H77ClN6O12S. The fourth-order valence-electron chi connectivity index (χ4n) is 10.5. The van der Waals surface area contributed by atoms with Gasteiger partial charge in [0, 0.05) is 109 Å². The molecule has 1 fully saturated rings. The number of methoxy groups -OCH3 is 1. The second kappa shape index (κ2) is 26.1. The Bertz CT molecular complexity index is 3070. The number of amides is 1.